The normalized spacial score (nSPS) is 13.4. The fraction of sp³-hybridized carbons (Fsp3) is 0.350. The van der Waals surface area contributed by atoms with Gasteiger partial charge in [0, 0.05) is 12.8 Å². The van der Waals surface area contributed by atoms with Gasteiger partial charge in [-0.25, -0.2) is 4.79 Å². The van der Waals surface area contributed by atoms with Crippen molar-refractivity contribution in [3.63, 3.8) is 0 Å². The number of aromatic carboxylic acids is 1. The standard InChI is InChI=1S/C20H25O5P/c1-5-25-26(4,24)12-16-8-13(2)17(14(3)9-16)10-15-6-7-19(21)18(11-15)20(22)23/h6-9,11,21H,5,10,12H2,1-4H3,(H,22,23). The number of rotatable bonds is 7. The number of benzene rings is 2. The molecular weight excluding hydrogens is 351 g/mol. The predicted octanol–water partition coefficient (Wildman–Crippen LogP) is 4.74. The molecule has 2 aromatic carbocycles. The Morgan fingerprint density at radius 2 is 1.73 bits per heavy atom. The molecule has 0 saturated carbocycles. The maximum atomic E-state index is 12.4. The van der Waals surface area contributed by atoms with Crippen LogP contribution in [-0.2, 0) is 21.7 Å². The molecule has 0 bridgehead atoms. The highest BCUT2D eigenvalue weighted by Crippen LogP contribution is 2.46. The van der Waals surface area contributed by atoms with Crippen LogP contribution in [-0.4, -0.2) is 29.5 Å². The fourth-order valence-corrected chi connectivity index (χ4v) is 4.66. The van der Waals surface area contributed by atoms with E-state index in [1.807, 2.05) is 32.9 Å². The number of aromatic hydroxyl groups is 1. The zero-order valence-electron chi connectivity index (χ0n) is 15.6. The molecule has 0 amide bonds. The molecule has 6 heteroatoms. The molecule has 1 atom stereocenters. The highest BCUT2D eigenvalue weighted by atomic mass is 31.2. The minimum atomic E-state index is -2.65. The number of phenols is 1. The van der Waals surface area contributed by atoms with Gasteiger partial charge < -0.3 is 14.7 Å². The van der Waals surface area contributed by atoms with Crippen LogP contribution in [0, 0.1) is 13.8 Å². The molecule has 2 rings (SSSR count). The molecule has 0 saturated heterocycles. The van der Waals surface area contributed by atoms with E-state index in [2.05, 4.69) is 0 Å². The van der Waals surface area contributed by atoms with E-state index in [1.165, 1.54) is 12.1 Å². The Hall–Kier alpha value is -2.10. The van der Waals surface area contributed by atoms with Crippen LogP contribution < -0.4 is 0 Å². The first-order valence-corrected chi connectivity index (χ1v) is 10.7. The quantitative estimate of drug-likeness (QED) is 0.682. The van der Waals surface area contributed by atoms with E-state index < -0.39 is 13.3 Å². The van der Waals surface area contributed by atoms with Crippen molar-refractivity contribution in [2.24, 2.45) is 0 Å². The lowest BCUT2D eigenvalue weighted by molar-refractivity contribution is 0.0693. The first kappa shape index (κ1) is 20.2. The second kappa shape index (κ2) is 8.07. The van der Waals surface area contributed by atoms with Crippen LogP contribution in [0.1, 0.15) is 45.1 Å². The summed E-state index contributed by atoms with van der Waals surface area (Å²) in [5.41, 5.74) is 4.90. The third-order valence-electron chi connectivity index (χ3n) is 4.30. The Balaban J connectivity index is 2.30. The summed E-state index contributed by atoms with van der Waals surface area (Å²) >= 11 is 0. The molecule has 0 fully saturated rings. The highest BCUT2D eigenvalue weighted by Gasteiger charge is 2.18. The van der Waals surface area contributed by atoms with Crippen LogP contribution in [0.2, 0.25) is 0 Å². The molecule has 0 heterocycles. The highest BCUT2D eigenvalue weighted by molar-refractivity contribution is 7.57. The monoisotopic (exact) mass is 376 g/mol. The largest absolute Gasteiger partial charge is 0.507 e. The Bertz CT molecular complexity index is 849. The van der Waals surface area contributed by atoms with Crippen molar-refractivity contribution in [3.8, 4) is 5.75 Å². The van der Waals surface area contributed by atoms with Crippen LogP contribution >= 0.6 is 7.37 Å². The Kier molecular flexibility index (Phi) is 6.27. The van der Waals surface area contributed by atoms with Gasteiger partial charge in [0.05, 0.1) is 6.61 Å². The summed E-state index contributed by atoms with van der Waals surface area (Å²) in [6.45, 7) is 7.89. The average Bonchev–Trinajstić information content (AvgIpc) is 2.51. The van der Waals surface area contributed by atoms with E-state index in [9.17, 15) is 14.5 Å². The molecule has 1 unspecified atom stereocenters. The summed E-state index contributed by atoms with van der Waals surface area (Å²) in [6.07, 6.45) is 0.957. The molecule has 2 aromatic rings. The first-order valence-electron chi connectivity index (χ1n) is 8.48. The number of hydrogen-bond acceptors (Lipinski definition) is 4. The SMILES string of the molecule is CCOP(C)(=O)Cc1cc(C)c(Cc2ccc(O)c(C(=O)O)c2)c(C)c1. The number of aryl methyl sites for hydroxylation is 2. The van der Waals surface area contributed by atoms with Gasteiger partial charge in [-0.15, -0.1) is 0 Å². The smallest absolute Gasteiger partial charge is 0.339 e. The van der Waals surface area contributed by atoms with Crippen LogP contribution in [0.5, 0.6) is 5.75 Å². The second-order valence-corrected chi connectivity index (χ2v) is 9.23. The lowest BCUT2D eigenvalue weighted by atomic mass is 9.93. The van der Waals surface area contributed by atoms with E-state index in [0.717, 1.165) is 27.8 Å². The molecule has 5 nitrogen and oxygen atoms in total. The second-order valence-electron chi connectivity index (χ2n) is 6.63. The lowest BCUT2D eigenvalue weighted by Crippen LogP contribution is -2.02. The summed E-state index contributed by atoms with van der Waals surface area (Å²) in [5, 5.41) is 18.8. The molecule has 0 aliphatic rings. The van der Waals surface area contributed by atoms with Crippen LogP contribution in [0.15, 0.2) is 30.3 Å². The van der Waals surface area contributed by atoms with Crippen LogP contribution in [0.25, 0.3) is 0 Å². The van der Waals surface area contributed by atoms with Crippen molar-refractivity contribution in [3.05, 3.63) is 63.7 Å². The Morgan fingerprint density at radius 1 is 1.12 bits per heavy atom. The van der Waals surface area contributed by atoms with Gasteiger partial charge in [0.1, 0.15) is 11.3 Å². The molecule has 0 aliphatic heterocycles. The van der Waals surface area contributed by atoms with Crippen molar-refractivity contribution in [1.29, 1.82) is 0 Å². The number of carboxylic acid groups (broad SMARTS) is 1. The Morgan fingerprint density at radius 3 is 2.27 bits per heavy atom. The van der Waals surface area contributed by atoms with E-state index >= 15 is 0 Å². The maximum absolute atomic E-state index is 12.4. The van der Waals surface area contributed by atoms with Gasteiger partial charge in [-0.2, -0.15) is 0 Å². The zero-order chi connectivity index (χ0) is 19.5. The van der Waals surface area contributed by atoms with E-state index in [4.69, 9.17) is 9.63 Å². The van der Waals surface area contributed by atoms with Crippen molar-refractivity contribution in [2.75, 3.05) is 13.3 Å². The van der Waals surface area contributed by atoms with Gasteiger partial charge in [-0.3, -0.25) is 4.57 Å². The molecule has 0 spiro atoms. The summed E-state index contributed by atoms with van der Waals surface area (Å²) in [5.74, 6) is -1.39. The summed E-state index contributed by atoms with van der Waals surface area (Å²) in [6, 6.07) is 8.66. The summed E-state index contributed by atoms with van der Waals surface area (Å²) in [4.78, 5) is 11.2. The molecular formula is C20H25O5P. The summed E-state index contributed by atoms with van der Waals surface area (Å²) < 4.78 is 17.8. The van der Waals surface area contributed by atoms with E-state index in [-0.39, 0.29) is 11.3 Å². The van der Waals surface area contributed by atoms with Gasteiger partial charge in [-0.05, 0) is 67.1 Å². The van der Waals surface area contributed by atoms with Crippen molar-refractivity contribution in [1.82, 2.24) is 0 Å². The van der Waals surface area contributed by atoms with Gasteiger partial charge in [0.2, 0.25) is 7.37 Å². The molecule has 2 N–H and O–H groups in total. The molecule has 0 radical (unpaired) electrons. The predicted molar refractivity (Wildman–Crippen MR) is 103 cm³/mol. The molecule has 0 aliphatic carbocycles. The van der Waals surface area contributed by atoms with Crippen molar-refractivity contribution < 1.29 is 24.1 Å². The minimum absolute atomic E-state index is 0.0990. The topological polar surface area (TPSA) is 83.8 Å². The Labute approximate surface area is 154 Å². The third-order valence-corrected chi connectivity index (χ3v) is 6.04. The number of hydrogen-bond donors (Lipinski definition) is 2. The number of carboxylic acids is 1. The molecule has 26 heavy (non-hydrogen) atoms. The van der Waals surface area contributed by atoms with Gasteiger partial charge in [0.25, 0.3) is 0 Å². The first-order chi connectivity index (χ1) is 12.1. The third kappa shape index (κ3) is 4.96. The van der Waals surface area contributed by atoms with Gasteiger partial charge >= 0.3 is 5.97 Å². The lowest BCUT2D eigenvalue weighted by Gasteiger charge is -2.16. The van der Waals surface area contributed by atoms with Gasteiger partial charge in [-0.1, -0.05) is 18.2 Å². The maximum Gasteiger partial charge on any atom is 0.339 e. The fourth-order valence-electron chi connectivity index (χ4n) is 3.17. The zero-order valence-corrected chi connectivity index (χ0v) is 16.5. The van der Waals surface area contributed by atoms with Crippen molar-refractivity contribution in [2.45, 2.75) is 33.4 Å². The number of carbonyl (C=O) groups is 1. The van der Waals surface area contributed by atoms with E-state index in [0.29, 0.717) is 19.2 Å². The minimum Gasteiger partial charge on any atom is -0.507 e. The summed E-state index contributed by atoms with van der Waals surface area (Å²) in [7, 11) is -2.65. The molecule has 140 valence electrons. The molecule has 0 aromatic heterocycles. The van der Waals surface area contributed by atoms with Crippen LogP contribution in [0.3, 0.4) is 0 Å². The van der Waals surface area contributed by atoms with E-state index in [1.54, 1.807) is 12.7 Å². The van der Waals surface area contributed by atoms with Crippen molar-refractivity contribution >= 4 is 13.3 Å². The van der Waals surface area contributed by atoms with Gasteiger partial charge in [0.15, 0.2) is 0 Å². The van der Waals surface area contributed by atoms with Crippen LogP contribution in [0.4, 0.5) is 0 Å². The average molecular weight is 376 g/mol.